The maximum absolute atomic E-state index is 10.3. The van der Waals surface area contributed by atoms with Crippen LogP contribution in [0.1, 0.15) is 105 Å². The van der Waals surface area contributed by atoms with Crippen LogP contribution in [0.3, 0.4) is 0 Å². The van der Waals surface area contributed by atoms with Gasteiger partial charge in [-0.1, -0.05) is 65.5 Å². The van der Waals surface area contributed by atoms with E-state index < -0.39 is 6.16 Å². The van der Waals surface area contributed by atoms with Gasteiger partial charge < -0.3 is 28.8 Å². The first-order valence-corrected chi connectivity index (χ1v) is 17.5. The Morgan fingerprint density at radius 2 is 1.53 bits per heavy atom. The molecule has 0 unspecified atom stereocenters. The summed E-state index contributed by atoms with van der Waals surface area (Å²) in [6.45, 7) is 16.0. The molecule has 0 saturated heterocycles. The summed E-state index contributed by atoms with van der Waals surface area (Å²) in [5.74, 6) is 5.28. The number of carbonyl (C=O) groups is 1. The summed E-state index contributed by atoms with van der Waals surface area (Å²) in [5.41, 5.74) is 2.61. The predicted octanol–water partition coefficient (Wildman–Crippen LogP) is 8.16. The van der Waals surface area contributed by atoms with Crippen molar-refractivity contribution < 1.29 is 33.6 Å². The summed E-state index contributed by atoms with van der Waals surface area (Å²) in [7, 11) is 0. The van der Waals surface area contributed by atoms with Gasteiger partial charge in [0, 0.05) is 0 Å². The molecule has 0 aromatic heterocycles. The molecule has 0 aromatic rings. The minimum Gasteiger partial charge on any atom is -0.450 e. The highest BCUT2D eigenvalue weighted by Crippen LogP contribution is 2.67. The van der Waals surface area contributed by atoms with Gasteiger partial charge in [-0.25, -0.2) is 4.79 Å². The van der Waals surface area contributed by atoms with Crippen molar-refractivity contribution >= 4 is 6.16 Å². The summed E-state index contributed by atoms with van der Waals surface area (Å²) >= 11 is 0. The zero-order valence-electron chi connectivity index (χ0n) is 28.0. The minimum absolute atomic E-state index is 0.0374. The van der Waals surface area contributed by atoms with Gasteiger partial charge in [-0.15, -0.1) is 0 Å². The fourth-order valence-corrected chi connectivity index (χ4v) is 9.80. The number of ether oxygens (including phenoxy) is 5. The van der Waals surface area contributed by atoms with Crippen molar-refractivity contribution in [2.75, 3.05) is 52.9 Å². The Hall–Kier alpha value is -1.15. The number of rotatable bonds is 18. The molecule has 0 radical (unpaired) electrons. The van der Waals surface area contributed by atoms with E-state index in [0.29, 0.717) is 56.6 Å². The molecule has 4 aliphatic carbocycles. The predicted molar refractivity (Wildman–Crippen MR) is 169 cm³/mol. The first-order valence-electron chi connectivity index (χ1n) is 17.5. The van der Waals surface area contributed by atoms with Crippen LogP contribution in [0.2, 0.25) is 0 Å². The van der Waals surface area contributed by atoms with E-state index in [2.05, 4.69) is 45.4 Å². The van der Waals surface area contributed by atoms with Gasteiger partial charge in [-0.05, 0) is 97.7 Å². The lowest BCUT2D eigenvalue weighted by atomic mass is 9.47. The van der Waals surface area contributed by atoms with Crippen molar-refractivity contribution in [3.05, 3.63) is 11.6 Å². The van der Waals surface area contributed by atoms with E-state index in [0.717, 1.165) is 48.3 Å². The summed E-state index contributed by atoms with van der Waals surface area (Å²) in [5, 5.41) is 8.39. The molecule has 1 N–H and O–H groups in total. The van der Waals surface area contributed by atoms with Gasteiger partial charge in [0.25, 0.3) is 0 Å². The molecule has 3 fully saturated rings. The minimum atomic E-state index is -1.28. The summed E-state index contributed by atoms with van der Waals surface area (Å²) in [6, 6.07) is 0. The molecule has 0 heterocycles. The van der Waals surface area contributed by atoms with Crippen LogP contribution in [0.4, 0.5) is 4.79 Å². The Morgan fingerprint density at radius 3 is 2.21 bits per heavy atom. The third-order valence-corrected chi connectivity index (χ3v) is 12.0. The van der Waals surface area contributed by atoms with E-state index in [-0.39, 0.29) is 13.2 Å². The lowest BCUT2D eigenvalue weighted by Crippen LogP contribution is -2.51. The zero-order chi connectivity index (χ0) is 30.9. The average molecular weight is 607 g/mol. The second-order valence-electron chi connectivity index (χ2n) is 15.0. The summed E-state index contributed by atoms with van der Waals surface area (Å²) < 4.78 is 27.1. The van der Waals surface area contributed by atoms with Crippen LogP contribution in [-0.2, 0) is 23.7 Å². The monoisotopic (exact) mass is 606 g/mol. The van der Waals surface area contributed by atoms with Crippen LogP contribution in [0.25, 0.3) is 0 Å². The van der Waals surface area contributed by atoms with Crippen LogP contribution < -0.4 is 0 Å². The molecular formula is C36H62O7. The van der Waals surface area contributed by atoms with E-state index in [1.165, 1.54) is 57.8 Å². The Balaban J connectivity index is 1.14. The van der Waals surface area contributed by atoms with Gasteiger partial charge in [0.1, 0.15) is 6.61 Å². The molecule has 0 spiro atoms. The van der Waals surface area contributed by atoms with Gasteiger partial charge in [0.05, 0.1) is 52.4 Å². The molecule has 0 amide bonds. The van der Waals surface area contributed by atoms with Gasteiger partial charge >= 0.3 is 6.16 Å². The summed E-state index contributed by atoms with van der Waals surface area (Å²) in [4.78, 5) is 10.3. The fraction of sp³-hybridized carbons (Fsp3) is 0.917. The molecule has 43 heavy (non-hydrogen) atoms. The molecule has 7 nitrogen and oxygen atoms in total. The van der Waals surface area contributed by atoms with Crippen molar-refractivity contribution in [3.8, 4) is 0 Å². The van der Waals surface area contributed by atoms with Crippen LogP contribution in [0.5, 0.6) is 0 Å². The topological polar surface area (TPSA) is 83.5 Å². The van der Waals surface area contributed by atoms with Crippen molar-refractivity contribution in [2.45, 2.75) is 111 Å². The van der Waals surface area contributed by atoms with Crippen LogP contribution >= 0.6 is 0 Å². The average Bonchev–Trinajstić information content (AvgIpc) is 3.32. The highest BCUT2D eigenvalue weighted by molar-refractivity contribution is 5.56. The lowest BCUT2D eigenvalue weighted by Gasteiger charge is -2.58. The molecule has 7 heteroatoms. The van der Waals surface area contributed by atoms with E-state index in [1.54, 1.807) is 5.57 Å². The molecule has 3 saturated carbocycles. The van der Waals surface area contributed by atoms with E-state index >= 15 is 0 Å². The molecule has 8 atom stereocenters. The fourth-order valence-electron chi connectivity index (χ4n) is 9.80. The Morgan fingerprint density at radius 1 is 0.860 bits per heavy atom. The maximum Gasteiger partial charge on any atom is 0.505 e. The van der Waals surface area contributed by atoms with E-state index in [1.807, 2.05) is 0 Å². The Kier molecular flexibility index (Phi) is 13.3. The first-order chi connectivity index (χ1) is 20.6. The van der Waals surface area contributed by atoms with Gasteiger partial charge in [0.15, 0.2) is 0 Å². The Labute approximate surface area is 261 Å². The number of hydrogen-bond acceptors (Lipinski definition) is 6. The van der Waals surface area contributed by atoms with Gasteiger partial charge in [-0.3, -0.25) is 0 Å². The van der Waals surface area contributed by atoms with Crippen molar-refractivity contribution in [1.29, 1.82) is 0 Å². The molecule has 0 aliphatic heterocycles. The lowest BCUT2D eigenvalue weighted by molar-refractivity contribution is -0.0692. The smallest absolute Gasteiger partial charge is 0.450 e. The van der Waals surface area contributed by atoms with Crippen molar-refractivity contribution in [1.82, 2.24) is 0 Å². The second kappa shape index (κ2) is 16.4. The normalized spacial score (nSPS) is 34.3. The number of fused-ring (bicyclic) bond motifs is 5. The quantitative estimate of drug-likeness (QED) is 0.0957. The van der Waals surface area contributed by atoms with Crippen LogP contribution in [-0.4, -0.2) is 70.2 Å². The van der Waals surface area contributed by atoms with Crippen LogP contribution in [0, 0.1) is 46.3 Å². The standard InChI is InChI=1S/C36H62O7/c1-26(2)7-6-8-27(3)31-11-12-32-30-10-9-28-25-29(13-15-35(28,4)33(30)14-16-36(31,32)5)42-23-21-40-19-17-39-18-20-41-22-24-43-34(37)38/h9,26-27,29-33H,6-8,10-25H2,1-5H3,(H,37,38)/t27-,29+,30+,31-,32+,33+,35+,36-/m1/s1. The van der Waals surface area contributed by atoms with Crippen molar-refractivity contribution in [2.24, 2.45) is 46.3 Å². The third-order valence-electron chi connectivity index (χ3n) is 12.0. The zero-order valence-corrected chi connectivity index (χ0v) is 28.0. The molecular weight excluding hydrogens is 544 g/mol. The third kappa shape index (κ3) is 8.98. The largest absolute Gasteiger partial charge is 0.505 e. The molecule has 0 bridgehead atoms. The molecule has 0 aromatic carbocycles. The number of carboxylic acid groups (broad SMARTS) is 1. The van der Waals surface area contributed by atoms with E-state index in [4.69, 9.17) is 24.1 Å². The van der Waals surface area contributed by atoms with Gasteiger partial charge in [-0.2, -0.15) is 0 Å². The Bertz CT molecular complexity index is 889. The molecule has 4 aliphatic rings. The SMILES string of the molecule is CC(C)CCC[C@@H](C)[C@H]1CC[C@H]2[C@@H]3CC=C4C[C@@H](OCCOCCOCCOCCOC(=O)O)CC[C@]4(C)[C@H]3CC[C@]12C. The molecule has 4 rings (SSSR count). The number of allylic oxidation sites excluding steroid dienone is 1. The highest BCUT2D eigenvalue weighted by atomic mass is 16.7. The van der Waals surface area contributed by atoms with Crippen LogP contribution in [0.15, 0.2) is 11.6 Å². The first kappa shape index (κ1) is 34.7. The van der Waals surface area contributed by atoms with Crippen molar-refractivity contribution in [3.63, 3.8) is 0 Å². The second-order valence-corrected chi connectivity index (χ2v) is 15.0. The maximum atomic E-state index is 10.3. The summed E-state index contributed by atoms with van der Waals surface area (Å²) in [6.07, 6.45) is 16.5. The molecule has 248 valence electrons. The van der Waals surface area contributed by atoms with E-state index in [9.17, 15) is 4.79 Å². The van der Waals surface area contributed by atoms with Gasteiger partial charge in [0.2, 0.25) is 0 Å². The number of hydrogen-bond donors (Lipinski definition) is 1. The highest BCUT2D eigenvalue weighted by Gasteiger charge is 2.59.